The van der Waals surface area contributed by atoms with Gasteiger partial charge in [0, 0.05) is 6.42 Å². The number of aliphatic hydroxyl groups is 2. The first-order valence-electron chi connectivity index (χ1n) is 24.7. The van der Waals surface area contributed by atoms with Gasteiger partial charge in [0.1, 0.15) is 6.10 Å². The Kier molecular flexibility index (Phi) is 44.2. The van der Waals surface area contributed by atoms with Crippen LogP contribution in [0.1, 0.15) is 226 Å². The first-order valence-corrected chi connectivity index (χ1v) is 24.7. The average Bonchev–Trinajstić information content (AvgIpc) is 3.23. The van der Waals surface area contributed by atoms with Crippen LogP contribution in [0, 0.1) is 0 Å². The highest BCUT2D eigenvalue weighted by atomic mass is 16.5. The highest BCUT2D eigenvalue weighted by molar-refractivity contribution is 5.78. The van der Waals surface area contributed by atoms with Crippen molar-refractivity contribution >= 4 is 11.9 Å². The van der Waals surface area contributed by atoms with Crippen molar-refractivity contribution in [1.29, 1.82) is 0 Å². The molecule has 0 saturated heterocycles. The number of hydrogen-bond acceptors (Lipinski definition) is 5. The van der Waals surface area contributed by atoms with Gasteiger partial charge in [0.2, 0.25) is 5.91 Å². The number of aliphatic hydroxyl groups excluding tert-OH is 2. The van der Waals surface area contributed by atoms with Crippen LogP contribution in [0.3, 0.4) is 0 Å². The molecule has 3 atom stereocenters. The minimum atomic E-state index is -0.821. The number of carbonyl (C=O) groups is 2. The molecule has 0 fully saturated rings. The van der Waals surface area contributed by atoms with Gasteiger partial charge < -0.3 is 20.3 Å². The van der Waals surface area contributed by atoms with Crippen LogP contribution in [-0.2, 0) is 14.3 Å². The van der Waals surface area contributed by atoms with E-state index in [2.05, 4.69) is 86.8 Å². The molecule has 1 amide bonds. The lowest BCUT2D eigenvalue weighted by Crippen LogP contribution is -2.46. The molecule has 0 aromatic rings. The predicted molar refractivity (Wildman–Crippen MR) is 255 cm³/mol. The van der Waals surface area contributed by atoms with Gasteiger partial charge in [-0.2, -0.15) is 0 Å². The van der Waals surface area contributed by atoms with E-state index in [1.54, 1.807) is 6.08 Å². The molecule has 0 bridgehead atoms. The van der Waals surface area contributed by atoms with Crippen LogP contribution in [0.15, 0.2) is 72.9 Å². The van der Waals surface area contributed by atoms with Crippen molar-refractivity contribution in [2.45, 2.75) is 244 Å². The summed E-state index contributed by atoms with van der Waals surface area (Å²) < 4.78 is 5.78. The Hall–Kier alpha value is -2.70. The van der Waals surface area contributed by atoms with E-state index in [0.717, 1.165) is 51.4 Å². The van der Waals surface area contributed by atoms with Gasteiger partial charge in [0.15, 0.2) is 0 Å². The molecule has 0 heterocycles. The maximum absolute atomic E-state index is 13.1. The van der Waals surface area contributed by atoms with Gasteiger partial charge in [-0.15, -0.1) is 0 Å². The molecule has 340 valence electrons. The summed E-state index contributed by atoms with van der Waals surface area (Å²) in [4.78, 5) is 26.0. The van der Waals surface area contributed by atoms with Crippen molar-refractivity contribution in [1.82, 2.24) is 5.32 Å². The number of unbranched alkanes of at least 4 members (excludes halogenated alkanes) is 21. The first-order chi connectivity index (χ1) is 29.0. The summed E-state index contributed by atoms with van der Waals surface area (Å²) in [6.07, 6.45) is 58.5. The third-order valence-electron chi connectivity index (χ3n) is 10.8. The van der Waals surface area contributed by atoms with Gasteiger partial charge in [-0.1, -0.05) is 210 Å². The maximum Gasteiger partial charge on any atom is 0.306 e. The Bertz CT molecular complexity index is 1110. The number of carbonyl (C=O) groups excluding carboxylic acids is 2. The zero-order valence-corrected chi connectivity index (χ0v) is 38.6. The van der Waals surface area contributed by atoms with E-state index < -0.39 is 18.2 Å². The maximum atomic E-state index is 13.1. The number of esters is 1. The fraction of sp³-hybridized carbons (Fsp3) is 0.736. The Morgan fingerprint density at radius 1 is 0.508 bits per heavy atom. The summed E-state index contributed by atoms with van der Waals surface area (Å²) >= 11 is 0. The highest BCUT2D eigenvalue weighted by Crippen LogP contribution is 2.15. The predicted octanol–water partition coefficient (Wildman–Crippen LogP) is 14.6. The second kappa shape index (κ2) is 46.4. The molecular formula is C53H93NO5. The van der Waals surface area contributed by atoms with Crippen molar-refractivity contribution in [3.8, 4) is 0 Å². The van der Waals surface area contributed by atoms with E-state index in [1.165, 1.54) is 122 Å². The number of nitrogens with one attached hydrogen (secondary N) is 1. The smallest absolute Gasteiger partial charge is 0.306 e. The summed E-state index contributed by atoms with van der Waals surface area (Å²) in [5, 5.41) is 23.6. The fourth-order valence-corrected chi connectivity index (χ4v) is 6.98. The second-order valence-corrected chi connectivity index (χ2v) is 16.5. The van der Waals surface area contributed by atoms with Gasteiger partial charge in [0.25, 0.3) is 0 Å². The van der Waals surface area contributed by atoms with Gasteiger partial charge >= 0.3 is 5.97 Å². The minimum absolute atomic E-state index is 0.0529. The number of amides is 1. The van der Waals surface area contributed by atoms with Crippen molar-refractivity contribution in [3.63, 3.8) is 0 Å². The summed E-state index contributed by atoms with van der Waals surface area (Å²) in [7, 11) is 0. The summed E-state index contributed by atoms with van der Waals surface area (Å²) in [6.45, 7) is 6.38. The van der Waals surface area contributed by atoms with Gasteiger partial charge in [-0.05, 0) is 76.7 Å². The number of hydrogen-bond donors (Lipinski definition) is 3. The van der Waals surface area contributed by atoms with Crippen molar-refractivity contribution < 1.29 is 24.5 Å². The molecule has 0 radical (unpaired) electrons. The monoisotopic (exact) mass is 824 g/mol. The molecule has 3 unspecified atom stereocenters. The Balaban J connectivity index is 4.73. The van der Waals surface area contributed by atoms with Crippen LogP contribution in [0.5, 0.6) is 0 Å². The molecule has 0 saturated carbocycles. The lowest BCUT2D eigenvalue weighted by atomic mass is 10.0. The van der Waals surface area contributed by atoms with Crippen LogP contribution < -0.4 is 5.32 Å². The highest BCUT2D eigenvalue weighted by Gasteiger charge is 2.23. The van der Waals surface area contributed by atoms with Crippen LogP contribution in [0.4, 0.5) is 0 Å². The Morgan fingerprint density at radius 3 is 1.39 bits per heavy atom. The quantitative estimate of drug-likeness (QED) is 0.0323. The van der Waals surface area contributed by atoms with E-state index in [9.17, 15) is 19.8 Å². The molecule has 6 heteroatoms. The van der Waals surface area contributed by atoms with Crippen LogP contribution in [-0.4, -0.2) is 46.9 Å². The van der Waals surface area contributed by atoms with E-state index >= 15 is 0 Å². The average molecular weight is 824 g/mol. The Morgan fingerprint density at radius 2 is 0.898 bits per heavy atom. The zero-order chi connectivity index (χ0) is 43.1. The summed E-state index contributed by atoms with van der Waals surface area (Å²) in [6, 6.07) is -0.745. The minimum Gasteiger partial charge on any atom is -0.458 e. The molecule has 0 aliphatic heterocycles. The first kappa shape index (κ1) is 56.3. The van der Waals surface area contributed by atoms with Crippen molar-refractivity contribution in [2.75, 3.05) is 6.61 Å². The third-order valence-corrected chi connectivity index (χ3v) is 10.8. The lowest BCUT2D eigenvalue weighted by Gasteiger charge is -2.23. The second-order valence-electron chi connectivity index (χ2n) is 16.5. The SMILES string of the molecule is CCCCC/C=C\C/C=C\C/C=C\C/C=C\CCCC(=O)OC(/C=C/C/C=C\CCCCCCCC)CC(=O)NC(CO)C(O)CCCCCCCCCCCCCC. The summed E-state index contributed by atoms with van der Waals surface area (Å²) in [5.41, 5.74) is 0. The fourth-order valence-electron chi connectivity index (χ4n) is 6.98. The standard InChI is InChI=1S/C53H93NO5/c1-4-7-10-13-16-19-22-24-25-26-27-28-31-34-37-40-43-46-53(58)59-49(44-41-38-35-32-29-21-18-15-12-9-6-3)47-52(57)54-50(48-55)51(56)45-42-39-36-33-30-23-20-17-14-11-8-5-2/h16,19,24-25,27-28,32,34-35,37,41,44,49-51,55-56H,4-15,17-18,20-23,26,29-31,33,36,38-40,42-43,45-48H2,1-3H3,(H,54,57)/b19-16-,25-24-,28-27-,35-32-,37-34-,44-41+. The van der Waals surface area contributed by atoms with Crippen molar-refractivity contribution in [3.05, 3.63) is 72.9 Å². The molecule has 0 aromatic heterocycles. The van der Waals surface area contributed by atoms with E-state index in [-0.39, 0.29) is 31.3 Å². The molecular weight excluding hydrogens is 731 g/mol. The van der Waals surface area contributed by atoms with Crippen molar-refractivity contribution in [2.24, 2.45) is 0 Å². The molecule has 0 aliphatic carbocycles. The van der Waals surface area contributed by atoms with Crippen LogP contribution >= 0.6 is 0 Å². The normalized spacial score (nSPS) is 13.9. The molecule has 3 N–H and O–H groups in total. The zero-order valence-electron chi connectivity index (χ0n) is 38.6. The number of rotatable bonds is 43. The summed E-state index contributed by atoms with van der Waals surface area (Å²) in [5.74, 6) is -0.673. The third kappa shape index (κ3) is 41.8. The van der Waals surface area contributed by atoms with E-state index in [4.69, 9.17) is 4.74 Å². The molecule has 0 aliphatic rings. The molecule has 59 heavy (non-hydrogen) atoms. The molecule has 0 rings (SSSR count). The largest absolute Gasteiger partial charge is 0.458 e. The van der Waals surface area contributed by atoms with Crippen LogP contribution in [0.2, 0.25) is 0 Å². The Labute approximate surface area is 364 Å². The molecule has 0 spiro atoms. The van der Waals surface area contributed by atoms with Gasteiger partial charge in [0.05, 0.1) is 25.2 Å². The lowest BCUT2D eigenvalue weighted by molar-refractivity contribution is -0.148. The number of allylic oxidation sites excluding steroid dienone is 11. The van der Waals surface area contributed by atoms with Crippen LogP contribution in [0.25, 0.3) is 0 Å². The molecule has 0 aromatic carbocycles. The number of ether oxygens (including phenoxy) is 1. The van der Waals surface area contributed by atoms with Gasteiger partial charge in [-0.25, -0.2) is 0 Å². The van der Waals surface area contributed by atoms with E-state index in [1.807, 2.05) is 6.08 Å². The topological polar surface area (TPSA) is 95.9 Å². The van der Waals surface area contributed by atoms with E-state index in [0.29, 0.717) is 19.3 Å². The molecule has 6 nitrogen and oxygen atoms in total. The van der Waals surface area contributed by atoms with Gasteiger partial charge in [-0.3, -0.25) is 9.59 Å².